The fourth-order valence-electron chi connectivity index (χ4n) is 7.35. The van der Waals surface area contributed by atoms with E-state index >= 15 is 0 Å². The molecule has 4 bridgehead atoms. The van der Waals surface area contributed by atoms with Crippen LogP contribution in [0.4, 0.5) is 10.5 Å². The lowest BCUT2D eigenvalue weighted by molar-refractivity contribution is -0.140. The third kappa shape index (κ3) is 3.89. The van der Waals surface area contributed by atoms with Crippen molar-refractivity contribution in [2.45, 2.75) is 64.8 Å². The predicted octanol–water partition coefficient (Wildman–Crippen LogP) is 4.76. The lowest BCUT2D eigenvalue weighted by atomic mass is 9.49. The molecule has 0 aromatic heterocycles. The Morgan fingerprint density at radius 3 is 2.38 bits per heavy atom. The maximum Gasteiger partial charge on any atom is 0.337 e. The first kappa shape index (κ1) is 22.9. The predicted molar refractivity (Wildman–Crippen MR) is 129 cm³/mol. The van der Waals surface area contributed by atoms with Gasteiger partial charge in [-0.15, -0.1) is 0 Å². The molecule has 4 saturated carbocycles. The third-order valence-corrected chi connectivity index (χ3v) is 8.45. The second-order valence-corrected chi connectivity index (χ2v) is 10.8. The second-order valence-electron chi connectivity index (χ2n) is 10.8. The standard InChI is InChI=1S/C27H35N3O4/c1-4-8-30-16(2)22(24(31)34-3)23(29-26(30)33)20-6-5-7-21(12-20)28-25(32)27-13-17-9-18(14-27)11-19(10-17)15-27/h5-7,12,17-19,23H,4,8-11,13-15H2,1-3H3,(H,28,32)(H,29,33)/t17?,18?,19?,23-,27?/m0/s1. The molecule has 4 fully saturated rings. The highest BCUT2D eigenvalue weighted by atomic mass is 16.5. The largest absolute Gasteiger partial charge is 0.466 e. The van der Waals surface area contributed by atoms with Gasteiger partial charge in [0.05, 0.1) is 24.1 Å². The zero-order chi connectivity index (χ0) is 24.0. The minimum Gasteiger partial charge on any atom is -0.466 e. The van der Waals surface area contributed by atoms with E-state index in [4.69, 9.17) is 4.74 Å². The summed E-state index contributed by atoms with van der Waals surface area (Å²) < 4.78 is 5.06. The van der Waals surface area contributed by atoms with Crippen molar-refractivity contribution in [2.75, 3.05) is 19.0 Å². The van der Waals surface area contributed by atoms with Gasteiger partial charge in [-0.3, -0.25) is 9.69 Å². The lowest BCUT2D eigenvalue weighted by Gasteiger charge is -2.55. The fraction of sp³-hybridized carbons (Fsp3) is 0.593. The number of nitrogens with one attached hydrogen (secondary N) is 2. The Balaban J connectivity index is 1.41. The quantitative estimate of drug-likeness (QED) is 0.593. The minimum atomic E-state index is -0.635. The van der Waals surface area contributed by atoms with E-state index in [-0.39, 0.29) is 17.4 Å². The summed E-state index contributed by atoms with van der Waals surface area (Å²) in [5.74, 6) is 1.75. The Kier molecular flexibility index (Phi) is 5.90. The second kappa shape index (κ2) is 8.75. The molecule has 1 aromatic rings. The Morgan fingerprint density at radius 1 is 1.15 bits per heavy atom. The molecule has 7 nitrogen and oxygen atoms in total. The summed E-state index contributed by atoms with van der Waals surface area (Å²) in [5, 5.41) is 6.16. The summed E-state index contributed by atoms with van der Waals surface area (Å²) >= 11 is 0. The molecule has 0 spiro atoms. The molecule has 3 amide bonds. The van der Waals surface area contributed by atoms with Gasteiger partial charge in [-0.2, -0.15) is 0 Å². The first-order chi connectivity index (χ1) is 16.3. The Hall–Kier alpha value is -2.83. The van der Waals surface area contributed by atoms with Crippen molar-refractivity contribution < 1.29 is 19.1 Å². The zero-order valence-electron chi connectivity index (χ0n) is 20.4. The van der Waals surface area contributed by atoms with E-state index in [9.17, 15) is 14.4 Å². The summed E-state index contributed by atoms with van der Waals surface area (Å²) in [5.41, 5.74) is 2.22. The van der Waals surface area contributed by atoms with Crippen LogP contribution in [0.25, 0.3) is 0 Å². The van der Waals surface area contributed by atoms with E-state index in [1.165, 1.54) is 26.4 Å². The number of methoxy groups -OCH3 is 1. The summed E-state index contributed by atoms with van der Waals surface area (Å²) in [4.78, 5) is 40.6. The SMILES string of the molecule is CCCN1C(=O)N[C@@H](c2cccc(NC(=O)C34CC5CC(CC(C5)C3)C4)c2)C(C(=O)OC)=C1C. The molecule has 34 heavy (non-hydrogen) atoms. The van der Waals surface area contributed by atoms with Gasteiger partial charge in [0.1, 0.15) is 0 Å². The van der Waals surface area contributed by atoms with Crippen molar-refractivity contribution in [1.82, 2.24) is 10.2 Å². The van der Waals surface area contributed by atoms with Crippen molar-refractivity contribution in [1.29, 1.82) is 0 Å². The average molecular weight is 466 g/mol. The fourth-order valence-corrected chi connectivity index (χ4v) is 7.35. The van der Waals surface area contributed by atoms with Crippen LogP contribution in [0.5, 0.6) is 0 Å². The Labute approximate surface area is 201 Å². The van der Waals surface area contributed by atoms with Crippen molar-refractivity contribution in [2.24, 2.45) is 23.2 Å². The van der Waals surface area contributed by atoms with Gasteiger partial charge < -0.3 is 15.4 Å². The molecule has 4 aliphatic carbocycles. The molecule has 2 N–H and O–H groups in total. The normalized spacial score (nSPS) is 32.0. The van der Waals surface area contributed by atoms with E-state index in [1.54, 1.807) is 11.8 Å². The van der Waals surface area contributed by atoms with Gasteiger partial charge in [0.25, 0.3) is 0 Å². The number of nitrogens with zero attached hydrogens (tertiary/aromatic N) is 1. The number of esters is 1. The molecule has 182 valence electrons. The van der Waals surface area contributed by atoms with Gasteiger partial charge in [0.2, 0.25) is 5.91 Å². The molecule has 0 radical (unpaired) electrons. The topological polar surface area (TPSA) is 87.7 Å². The van der Waals surface area contributed by atoms with Gasteiger partial charge in [-0.1, -0.05) is 19.1 Å². The Morgan fingerprint density at radius 2 is 1.79 bits per heavy atom. The number of benzene rings is 1. The molecule has 0 unspecified atom stereocenters. The number of rotatable bonds is 6. The summed E-state index contributed by atoms with van der Waals surface area (Å²) in [7, 11) is 1.35. The van der Waals surface area contributed by atoms with Crippen LogP contribution in [0, 0.1) is 23.2 Å². The van der Waals surface area contributed by atoms with E-state index in [0.29, 0.717) is 41.3 Å². The maximum atomic E-state index is 13.5. The molecule has 1 heterocycles. The highest BCUT2D eigenvalue weighted by Gasteiger charge is 2.54. The molecule has 1 atom stereocenters. The van der Waals surface area contributed by atoms with E-state index in [0.717, 1.165) is 31.2 Å². The lowest BCUT2D eigenvalue weighted by Crippen LogP contribution is -2.51. The summed E-state index contributed by atoms with van der Waals surface area (Å²) in [6, 6.07) is 6.61. The minimum absolute atomic E-state index is 0.130. The van der Waals surface area contributed by atoms with E-state index < -0.39 is 12.0 Å². The highest BCUT2D eigenvalue weighted by molar-refractivity contribution is 5.97. The molecule has 5 aliphatic rings. The van der Waals surface area contributed by atoms with Crippen molar-refractivity contribution in [3.05, 3.63) is 41.1 Å². The third-order valence-electron chi connectivity index (χ3n) is 8.45. The smallest absolute Gasteiger partial charge is 0.337 e. The van der Waals surface area contributed by atoms with Crippen molar-refractivity contribution >= 4 is 23.6 Å². The first-order valence-electron chi connectivity index (χ1n) is 12.6. The zero-order valence-corrected chi connectivity index (χ0v) is 20.4. The van der Waals surface area contributed by atoms with Gasteiger partial charge >= 0.3 is 12.0 Å². The summed E-state index contributed by atoms with van der Waals surface area (Å²) in [6.07, 6.45) is 7.66. The van der Waals surface area contributed by atoms with Crippen LogP contribution in [0.1, 0.15) is 70.4 Å². The molecular formula is C27H35N3O4. The number of hydrogen-bond acceptors (Lipinski definition) is 4. The number of allylic oxidation sites excluding steroid dienone is 1. The molecule has 7 heteroatoms. The number of urea groups is 1. The molecule has 0 saturated heterocycles. The molecule has 1 aromatic carbocycles. The van der Waals surface area contributed by atoms with Crippen LogP contribution in [0.15, 0.2) is 35.5 Å². The Bertz CT molecular complexity index is 1010. The van der Waals surface area contributed by atoms with Crippen molar-refractivity contribution in [3.63, 3.8) is 0 Å². The number of ether oxygens (including phenoxy) is 1. The summed E-state index contributed by atoms with van der Waals surface area (Å²) in [6.45, 7) is 4.29. The molecular weight excluding hydrogens is 430 g/mol. The van der Waals surface area contributed by atoms with Crippen LogP contribution in [-0.2, 0) is 14.3 Å². The number of anilines is 1. The first-order valence-corrected chi connectivity index (χ1v) is 12.6. The van der Waals surface area contributed by atoms with Gasteiger partial charge in [0.15, 0.2) is 0 Å². The van der Waals surface area contributed by atoms with Crippen molar-refractivity contribution in [3.8, 4) is 0 Å². The van der Waals surface area contributed by atoms with E-state index in [1.807, 2.05) is 31.2 Å². The van der Waals surface area contributed by atoms with E-state index in [2.05, 4.69) is 10.6 Å². The van der Waals surface area contributed by atoms with Crippen LogP contribution in [0.2, 0.25) is 0 Å². The number of hydrogen-bond donors (Lipinski definition) is 2. The van der Waals surface area contributed by atoms with Gasteiger partial charge in [-0.05, 0) is 87.3 Å². The number of amides is 3. The van der Waals surface area contributed by atoms with Gasteiger partial charge in [-0.25, -0.2) is 9.59 Å². The molecule has 1 aliphatic heterocycles. The van der Waals surface area contributed by atoms with Crippen LogP contribution in [0.3, 0.4) is 0 Å². The van der Waals surface area contributed by atoms with Crippen LogP contribution >= 0.6 is 0 Å². The monoisotopic (exact) mass is 465 g/mol. The highest BCUT2D eigenvalue weighted by Crippen LogP contribution is 2.60. The van der Waals surface area contributed by atoms with Crippen LogP contribution < -0.4 is 10.6 Å². The number of carbonyl (C=O) groups is 3. The average Bonchev–Trinajstić information content (AvgIpc) is 2.80. The van der Waals surface area contributed by atoms with Gasteiger partial charge in [0, 0.05) is 17.9 Å². The maximum absolute atomic E-state index is 13.5. The van der Waals surface area contributed by atoms with Crippen LogP contribution in [-0.4, -0.2) is 36.5 Å². The number of carbonyl (C=O) groups excluding carboxylic acids is 3. The molecule has 6 rings (SSSR count).